The van der Waals surface area contributed by atoms with Gasteiger partial charge in [-0.15, -0.1) is 0 Å². The van der Waals surface area contributed by atoms with Gasteiger partial charge in [0, 0.05) is 6.42 Å². The summed E-state index contributed by atoms with van der Waals surface area (Å²) in [4.78, 5) is 10.0. The Morgan fingerprint density at radius 1 is 1.18 bits per heavy atom. The van der Waals surface area contributed by atoms with Gasteiger partial charge in [0.05, 0.1) is 0 Å². The Labute approximate surface area is 84.5 Å². The molecule has 0 bridgehead atoms. The van der Waals surface area contributed by atoms with Crippen molar-refractivity contribution < 1.29 is 9.90 Å². The molecule has 1 N–H and O–H groups in total. The van der Waals surface area contributed by atoms with Gasteiger partial charge in [-0.2, -0.15) is 0 Å². The van der Waals surface area contributed by atoms with E-state index < -0.39 is 5.97 Å². The van der Waals surface area contributed by atoms with E-state index in [1.165, 1.54) is 19.3 Å². The zero-order valence-corrected chi connectivity index (χ0v) is 6.60. The average Bonchev–Trinajstić information content (AvgIpc) is 1.87. The van der Waals surface area contributed by atoms with Crippen molar-refractivity contribution in [2.75, 3.05) is 0 Å². The van der Waals surface area contributed by atoms with Gasteiger partial charge < -0.3 is 5.11 Å². The van der Waals surface area contributed by atoms with E-state index in [4.69, 9.17) is 5.11 Å². The molecule has 2 nitrogen and oxygen atoms in total. The number of carbonyl (C=O) groups is 1. The van der Waals surface area contributed by atoms with Gasteiger partial charge in [-0.05, 0) is 6.42 Å². The molecule has 0 aliphatic carbocycles. The van der Waals surface area contributed by atoms with E-state index in [0.717, 1.165) is 12.8 Å². The van der Waals surface area contributed by atoms with Crippen LogP contribution in [0, 0.1) is 0 Å². The summed E-state index contributed by atoms with van der Waals surface area (Å²) < 4.78 is 0. The molecule has 0 rings (SSSR count). The van der Waals surface area contributed by atoms with Crippen molar-refractivity contribution in [2.24, 2.45) is 0 Å². The van der Waals surface area contributed by atoms with E-state index in [-0.39, 0.29) is 23.1 Å². The Kier molecular flexibility index (Phi) is 12.8. The summed E-state index contributed by atoms with van der Waals surface area (Å²) in [5.74, 6) is -0.670. The number of rotatable bonds is 6. The molecule has 0 unspecified atom stereocenters. The van der Waals surface area contributed by atoms with Crippen molar-refractivity contribution in [3.63, 3.8) is 0 Å². The van der Waals surface area contributed by atoms with Gasteiger partial charge >= 0.3 is 29.0 Å². The van der Waals surface area contributed by atoms with Crippen LogP contribution in [0.1, 0.15) is 45.4 Å². The Morgan fingerprint density at radius 3 is 2.18 bits per heavy atom. The Bertz CT molecular complexity index is 94.1. The minimum Gasteiger partial charge on any atom is -0.481 e. The number of carboxylic acid groups (broad SMARTS) is 1. The van der Waals surface area contributed by atoms with Crippen LogP contribution >= 0.6 is 0 Å². The maximum atomic E-state index is 10.0. The topological polar surface area (TPSA) is 37.3 Å². The van der Waals surface area contributed by atoms with Crippen LogP contribution in [0.2, 0.25) is 0 Å². The maximum absolute atomic E-state index is 10.0. The molecule has 0 aliphatic heterocycles. The Morgan fingerprint density at radius 2 is 1.73 bits per heavy atom. The molecular weight excluding hydrogens is 152 g/mol. The van der Waals surface area contributed by atoms with Crippen molar-refractivity contribution in [1.29, 1.82) is 0 Å². The maximum Gasteiger partial charge on any atom is 0.316 e. The van der Waals surface area contributed by atoms with Crippen LogP contribution < -0.4 is 0 Å². The Hall–Kier alpha value is 0.236. The lowest BCUT2D eigenvalue weighted by atomic mass is 10.1. The second-order valence-electron chi connectivity index (χ2n) is 2.56. The third-order valence-corrected chi connectivity index (χ3v) is 1.49. The molecule has 0 fully saturated rings. The predicted molar refractivity (Wildman–Crippen MR) is 49.6 cm³/mol. The van der Waals surface area contributed by atoms with E-state index in [9.17, 15) is 4.79 Å². The van der Waals surface area contributed by atoms with E-state index in [0.29, 0.717) is 6.42 Å². The number of hydrogen-bond donors (Lipinski definition) is 1. The van der Waals surface area contributed by atoms with E-state index in [1.807, 2.05) is 0 Å². The van der Waals surface area contributed by atoms with Crippen LogP contribution in [-0.4, -0.2) is 34.1 Å². The second-order valence-corrected chi connectivity index (χ2v) is 2.56. The number of carboxylic acids is 1. The van der Waals surface area contributed by atoms with Crippen LogP contribution in [0.15, 0.2) is 0 Å². The van der Waals surface area contributed by atoms with Crippen molar-refractivity contribution in [3.8, 4) is 0 Å². The quantitative estimate of drug-likeness (QED) is 0.485. The smallest absolute Gasteiger partial charge is 0.316 e. The van der Waals surface area contributed by atoms with Gasteiger partial charge in [-0.25, -0.2) is 0 Å². The zero-order chi connectivity index (χ0) is 7.82. The highest BCUT2D eigenvalue weighted by molar-refractivity contribution is 5.75. The molecule has 0 aliphatic rings. The first-order valence-corrected chi connectivity index (χ1v) is 3.99. The van der Waals surface area contributed by atoms with Crippen LogP contribution in [0.5, 0.6) is 0 Å². The summed E-state index contributed by atoms with van der Waals surface area (Å²) >= 11 is 0. The van der Waals surface area contributed by atoms with E-state index in [2.05, 4.69) is 6.92 Å². The molecule has 0 aromatic heterocycles. The summed E-state index contributed by atoms with van der Waals surface area (Å²) in [5, 5.41) is 8.27. The van der Waals surface area contributed by atoms with Crippen molar-refractivity contribution in [1.82, 2.24) is 0 Å². The number of hydrogen-bond acceptors (Lipinski definition) is 1. The summed E-state index contributed by atoms with van der Waals surface area (Å²) in [7, 11) is 0. The standard InChI is InChI=1S/C8H16O2.Mg.2H/c1-2-3-4-5-6-7-8(9)10;;;/h2-7H2,1H3,(H,9,10);;;. The molecule has 64 valence electrons. The van der Waals surface area contributed by atoms with Crippen LogP contribution in [-0.2, 0) is 4.79 Å². The van der Waals surface area contributed by atoms with Crippen molar-refractivity contribution in [3.05, 3.63) is 0 Å². The van der Waals surface area contributed by atoms with Crippen LogP contribution in [0.4, 0.5) is 0 Å². The molecule has 11 heavy (non-hydrogen) atoms. The largest absolute Gasteiger partial charge is 0.481 e. The van der Waals surface area contributed by atoms with Crippen LogP contribution in [0.25, 0.3) is 0 Å². The molecule has 0 aromatic rings. The molecule has 3 heteroatoms. The second kappa shape index (κ2) is 10.2. The first-order valence-electron chi connectivity index (χ1n) is 3.99. The molecule has 0 radical (unpaired) electrons. The highest BCUT2D eigenvalue weighted by atomic mass is 24.3. The summed E-state index contributed by atoms with van der Waals surface area (Å²) in [6.45, 7) is 2.15. The summed E-state index contributed by atoms with van der Waals surface area (Å²) in [6.07, 6.45) is 5.88. The molecule has 0 amide bonds. The monoisotopic (exact) mass is 170 g/mol. The zero-order valence-electron chi connectivity index (χ0n) is 6.60. The van der Waals surface area contributed by atoms with Crippen molar-refractivity contribution >= 4 is 29.0 Å². The van der Waals surface area contributed by atoms with Crippen LogP contribution in [0.3, 0.4) is 0 Å². The highest BCUT2D eigenvalue weighted by Crippen LogP contribution is 2.04. The SMILES string of the molecule is CCCCCCCC(=O)O.[MgH2]. The lowest BCUT2D eigenvalue weighted by molar-refractivity contribution is -0.137. The normalized spacial score (nSPS) is 8.82. The fourth-order valence-electron chi connectivity index (χ4n) is 0.880. The molecule has 0 aromatic carbocycles. The summed E-state index contributed by atoms with van der Waals surface area (Å²) in [5.41, 5.74) is 0. The molecular formula is C8H18MgO2. The number of unbranched alkanes of at least 4 members (excludes halogenated alkanes) is 4. The lowest BCUT2D eigenvalue weighted by Crippen LogP contribution is -1.93. The third kappa shape index (κ3) is 13.3. The lowest BCUT2D eigenvalue weighted by Gasteiger charge is -1.95. The molecule has 0 heterocycles. The summed E-state index contributed by atoms with van der Waals surface area (Å²) in [6, 6.07) is 0. The number of aliphatic carboxylic acids is 1. The third-order valence-electron chi connectivity index (χ3n) is 1.49. The average molecular weight is 171 g/mol. The van der Waals surface area contributed by atoms with Gasteiger partial charge in [0.25, 0.3) is 0 Å². The first-order chi connectivity index (χ1) is 4.77. The minimum absolute atomic E-state index is 0. The molecule has 0 spiro atoms. The van der Waals surface area contributed by atoms with Gasteiger partial charge in [0.15, 0.2) is 0 Å². The molecule has 0 atom stereocenters. The van der Waals surface area contributed by atoms with E-state index >= 15 is 0 Å². The predicted octanol–water partition coefficient (Wildman–Crippen LogP) is 1.52. The van der Waals surface area contributed by atoms with Crippen molar-refractivity contribution in [2.45, 2.75) is 45.4 Å². The molecule has 0 saturated carbocycles. The van der Waals surface area contributed by atoms with Gasteiger partial charge in [-0.1, -0.05) is 32.6 Å². The minimum atomic E-state index is -0.670. The first kappa shape index (κ1) is 13.8. The highest BCUT2D eigenvalue weighted by Gasteiger charge is 1.94. The van der Waals surface area contributed by atoms with E-state index in [1.54, 1.807) is 0 Å². The van der Waals surface area contributed by atoms with Gasteiger partial charge in [0.2, 0.25) is 0 Å². The Balaban J connectivity index is 0. The fourth-order valence-corrected chi connectivity index (χ4v) is 0.880. The fraction of sp³-hybridized carbons (Fsp3) is 0.875. The molecule has 0 saturated heterocycles. The van der Waals surface area contributed by atoms with Gasteiger partial charge in [0.1, 0.15) is 0 Å². The van der Waals surface area contributed by atoms with Gasteiger partial charge in [-0.3, -0.25) is 4.79 Å².